The molecule has 1 aromatic carbocycles. The highest BCUT2D eigenvalue weighted by Gasteiger charge is 2.77. The Bertz CT molecular complexity index is 1070. The van der Waals surface area contributed by atoms with Crippen molar-refractivity contribution in [1.29, 1.82) is 0 Å². The van der Waals surface area contributed by atoms with Crippen molar-refractivity contribution in [2.24, 2.45) is 11.8 Å². The summed E-state index contributed by atoms with van der Waals surface area (Å²) in [6.07, 6.45) is -4.68. The molecule has 202 valence electrons. The smallest absolute Gasteiger partial charge is 0.331 e. The number of rotatable bonds is 7. The zero-order chi connectivity index (χ0) is 26.5. The van der Waals surface area contributed by atoms with E-state index >= 15 is 0 Å². The van der Waals surface area contributed by atoms with Crippen molar-refractivity contribution in [2.75, 3.05) is 13.2 Å². The number of phenols is 2. The number of hydrogen-bond donors (Lipinski definition) is 7. The summed E-state index contributed by atoms with van der Waals surface area (Å²) in [4.78, 5) is 12.6. The Hall–Kier alpha value is -2.75. The molecule has 13 nitrogen and oxygen atoms in total. The molecular weight excluding hydrogens is 496 g/mol. The number of aromatic hydroxyl groups is 2. The number of aliphatic hydroxyl groups is 5. The number of hydrogen-bond acceptors (Lipinski definition) is 13. The van der Waals surface area contributed by atoms with Crippen molar-refractivity contribution in [2.45, 2.75) is 54.8 Å². The van der Waals surface area contributed by atoms with Crippen molar-refractivity contribution >= 4 is 12.0 Å². The highest BCUT2D eigenvalue weighted by molar-refractivity contribution is 5.87. The van der Waals surface area contributed by atoms with E-state index in [0.717, 1.165) is 6.08 Å². The number of aliphatic hydroxyl groups excluding tert-OH is 5. The van der Waals surface area contributed by atoms with Gasteiger partial charge in [-0.3, -0.25) is 0 Å². The Balaban J connectivity index is 1.30. The fourth-order valence-corrected chi connectivity index (χ4v) is 5.27. The molecule has 7 N–H and O–H groups in total. The summed E-state index contributed by atoms with van der Waals surface area (Å²) in [5.41, 5.74) is -0.714. The van der Waals surface area contributed by atoms with Crippen LogP contribution >= 0.6 is 0 Å². The Kier molecular flexibility index (Phi) is 6.89. The van der Waals surface area contributed by atoms with Crippen LogP contribution in [0.3, 0.4) is 0 Å². The number of phenolic OH excluding ortho intramolecular Hbond substituents is 2. The molecule has 0 radical (unpaired) electrons. The molecule has 0 unspecified atom stereocenters. The Morgan fingerprint density at radius 3 is 2.54 bits per heavy atom. The average molecular weight is 524 g/mol. The summed E-state index contributed by atoms with van der Waals surface area (Å²) in [7, 11) is 0. The first-order valence-corrected chi connectivity index (χ1v) is 11.7. The van der Waals surface area contributed by atoms with Crippen LogP contribution in [0.5, 0.6) is 11.5 Å². The van der Waals surface area contributed by atoms with E-state index in [2.05, 4.69) is 0 Å². The molecule has 0 spiro atoms. The maximum atomic E-state index is 12.6. The molecule has 1 saturated carbocycles. The van der Waals surface area contributed by atoms with Crippen LogP contribution in [-0.4, -0.2) is 110 Å². The molecule has 2 saturated heterocycles. The fourth-order valence-electron chi connectivity index (χ4n) is 5.27. The second-order valence-corrected chi connectivity index (χ2v) is 9.40. The van der Waals surface area contributed by atoms with Crippen LogP contribution in [0.25, 0.3) is 6.08 Å². The van der Waals surface area contributed by atoms with E-state index < -0.39 is 85.8 Å². The van der Waals surface area contributed by atoms with E-state index in [0.29, 0.717) is 5.56 Å². The van der Waals surface area contributed by atoms with Gasteiger partial charge >= 0.3 is 5.97 Å². The zero-order valence-electron chi connectivity index (χ0n) is 19.3. The van der Waals surface area contributed by atoms with Gasteiger partial charge in [0.1, 0.15) is 42.2 Å². The van der Waals surface area contributed by atoms with Crippen molar-refractivity contribution in [3.8, 4) is 11.5 Å². The predicted molar refractivity (Wildman–Crippen MR) is 119 cm³/mol. The summed E-state index contributed by atoms with van der Waals surface area (Å²) in [6.45, 7) is -1.08. The molecule has 4 aliphatic rings. The first kappa shape index (κ1) is 25.9. The molecule has 5 rings (SSSR count). The van der Waals surface area contributed by atoms with Gasteiger partial charge in [-0.1, -0.05) is 6.07 Å². The van der Waals surface area contributed by atoms with E-state index in [9.17, 15) is 40.5 Å². The molecule has 3 aliphatic heterocycles. The molecule has 0 aromatic heterocycles. The normalized spacial score (nSPS) is 42.2. The van der Waals surface area contributed by atoms with Gasteiger partial charge in [-0.15, -0.1) is 0 Å². The molecule has 3 heterocycles. The summed E-state index contributed by atoms with van der Waals surface area (Å²) in [5.74, 6) is -2.56. The van der Waals surface area contributed by atoms with Gasteiger partial charge in [-0.2, -0.15) is 0 Å². The van der Waals surface area contributed by atoms with Crippen LogP contribution in [0.15, 0.2) is 36.6 Å². The van der Waals surface area contributed by atoms with Crippen LogP contribution in [0.4, 0.5) is 0 Å². The van der Waals surface area contributed by atoms with Crippen LogP contribution in [0.1, 0.15) is 5.56 Å². The Labute approximate surface area is 210 Å². The molecule has 1 aliphatic carbocycles. The topological polar surface area (TPSA) is 208 Å². The van der Waals surface area contributed by atoms with Crippen molar-refractivity contribution < 1.29 is 64.2 Å². The third-order valence-corrected chi connectivity index (χ3v) is 7.26. The molecule has 13 heteroatoms. The van der Waals surface area contributed by atoms with Gasteiger partial charge in [-0.25, -0.2) is 4.79 Å². The van der Waals surface area contributed by atoms with E-state index in [1.54, 1.807) is 6.08 Å². The van der Waals surface area contributed by atoms with Gasteiger partial charge in [-0.05, 0) is 29.8 Å². The molecule has 3 fully saturated rings. The summed E-state index contributed by atoms with van der Waals surface area (Å²) in [5, 5.41) is 69.0. The van der Waals surface area contributed by atoms with Gasteiger partial charge in [0.2, 0.25) is 6.29 Å². The average Bonchev–Trinajstić information content (AvgIpc) is 3.57. The number of carbonyl (C=O) groups is 1. The lowest BCUT2D eigenvalue weighted by atomic mass is 9.85. The Morgan fingerprint density at radius 1 is 1.05 bits per heavy atom. The van der Waals surface area contributed by atoms with Gasteiger partial charge in [0.15, 0.2) is 17.8 Å². The van der Waals surface area contributed by atoms with E-state index in [1.807, 2.05) is 0 Å². The molecular formula is C24H28O13. The third-order valence-electron chi connectivity index (χ3n) is 7.26. The minimum atomic E-state index is -1.66. The monoisotopic (exact) mass is 524 g/mol. The maximum absolute atomic E-state index is 12.6. The van der Waals surface area contributed by atoms with E-state index in [-0.39, 0.29) is 11.5 Å². The lowest BCUT2D eigenvalue weighted by Gasteiger charge is -2.43. The molecule has 1 aromatic rings. The van der Waals surface area contributed by atoms with Gasteiger partial charge < -0.3 is 59.4 Å². The lowest BCUT2D eigenvalue weighted by molar-refractivity contribution is -0.344. The predicted octanol–water partition coefficient (Wildman–Crippen LogP) is -1.91. The third kappa shape index (κ3) is 4.47. The van der Waals surface area contributed by atoms with Crippen LogP contribution in [0.2, 0.25) is 0 Å². The lowest BCUT2D eigenvalue weighted by Crippen LogP contribution is -2.60. The maximum Gasteiger partial charge on any atom is 0.331 e. The molecule has 37 heavy (non-hydrogen) atoms. The second kappa shape index (κ2) is 9.85. The number of benzene rings is 1. The molecule has 11 atom stereocenters. The van der Waals surface area contributed by atoms with Crippen molar-refractivity contribution in [3.63, 3.8) is 0 Å². The van der Waals surface area contributed by atoms with Crippen LogP contribution < -0.4 is 0 Å². The summed E-state index contributed by atoms with van der Waals surface area (Å²) < 4.78 is 28.2. The minimum Gasteiger partial charge on any atom is -0.504 e. The minimum absolute atomic E-state index is 0.297. The van der Waals surface area contributed by atoms with E-state index in [4.69, 9.17) is 23.7 Å². The SMILES string of the molecule is O=C(C=Cc1ccc(O)c(O)c1)O[C@@H]1[C@H]2C=CO[C@@H](O[C@H]3O[C@H](CO)[C@@H](O)[C@H](O)[C@H]3O)[C@@H]2[C@]2(CO)O[C@@H]12. The number of carbonyl (C=O) groups excluding carboxylic acids is 1. The quantitative estimate of drug-likeness (QED) is 0.0900. The number of esters is 1. The van der Waals surface area contributed by atoms with Crippen LogP contribution in [0, 0.1) is 11.8 Å². The van der Waals surface area contributed by atoms with Gasteiger partial charge in [0, 0.05) is 12.0 Å². The number of fused-ring (bicyclic) bond motifs is 3. The summed E-state index contributed by atoms with van der Waals surface area (Å²) >= 11 is 0. The highest BCUT2D eigenvalue weighted by atomic mass is 16.8. The van der Waals surface area contributed by atoms with Crippen molar-refractivity contribution in [1.82, 2.24) is 0 Å². The Morgan fingerprint density at radius 2 is 1.84 bits per heavy atom. The largest absolute Gasteiger partial charge is 0.504 e. The van der Waals surface area contributed by atoms with Gasteiger partial charge in [0.25, 0.3) is 0 Å². The zero-order valence-corrected chi connectivity index (χ0v) is 19.3. The first-order chi connectivity index (χ1) is 17.7. The molecule has 0 amide bonds. The summed E-state index contributed by atoms with van der Waals surface area (Å²) in [6, 6.07) is 4.04. The first-order valence-electron chi connectivity index (χ1n) is 11.7. The van der Waals surface area contributed by atoms with Crippen molar-refractivity contribution in [3.05, 3.63) is 42.2 Å². The van der Waals surface area contributed by atoms with E-state index in [1.165, 1.54) is 30.5 Å². The number of ether oxygens (including phenoxy) is 5. The number of epoxide rings is 1. The molecule has 0 bridgehead atoms. The fraction of sp³-hybridized carbons (Fsp3) is 0.542. The second-order valence-electron chi connectivity index (χ2n) is 9.40. The standard InChI is InChI=1S/C24H28O13/c25-8-14-17(30)18(31)19(32)23(34-14)36-22-16-11(5-6-33-22)20(21-24(16,9-26)37-21)35-15(29)4-2-10-1-3-12(27)13(28)7-10/h1-7,11,14,16-23,25-28,30-32H,8-9H2/t11-,14+,16+,17+,18-,19+,20+,21-,22-,23+,24-/m0/s1. The van der Waals surface area contributed by atoms with Gasteiger partial charge in [0.05, 0.1) is 25.4 Å². The highest BCUT2D eigenvalue weighted by Crippen LogP contribution is 2.60. The van der Waals surface area contributed by atoms with Crippen LogP contribution in [-0.2, 0) is 28.5 Å².